The molecule has 0 fully saturated rings. The molecule has 0 atom stereocenters. The lowest BCUT2D eigenvalue weighted by Crippen LogP contribution is -1.75. The van der Waals surface area contributed by atoms with Gasteiger partial charge in [-0.2, -0.15) is 0 Å². The van der Waals surface area contributed by atoms with E-state index in [0.29, 0.717) is 0 Å². The molecule has 0 radical (unpaired) electrons. The van der Waals surface area contributed by atoms with Crippen molar-refractivity contribution in [2.45, 2.75) is 0 Å². The molecule has 0 N–H and O–H groups in total. The van der Waals surface area contributed by atoms with E-state index in [1.54, 1.807) is 22.7 Å². The number of pyridine rings is 2. The molecular weight excluding hydrogens is 388 g/mol. The van der Waals surface area contributed by atoms with Crippen LogP contribution in [0.1, 0.15) is 0 Å². The first kappa shape index (κ1) is 16.6. The molecule has 0 aliphatic carbocycles. The van der Waals surface area contributed by atoms with Crippen molar-refractivity contribution in [1.29, 1.82) is 0 Å². The maximum atomic E-state index is 4.45. The fraction of sp³-hybridized carbons (Fsp3) is 0. The Balaban J connectivity index is 1.42. The zero-order chi connectivity index (χ0) is 18.1. The molecule has 5 aromatic rings. The highest BCUT2D eigenvalue weighted by molar-refractivity contribution is 7.27. The van der Waals surface area contributed by atoms with Crippen LogP contribution in [0.4, 0.5) is 0 Å². The van der Waals surface area contributed by atoms with Crippen molar-refractivity contribution in [3.63, 3.8) is 0 Å². The molecule has 0 unspecified atom stereocenters. The second-order valence-corrected chi connectivity index (χ2v) is 9.17. The molecule has 27 heavy (non-hydrogen) atoms. The summed E-state index contributed by atoms with van der Waals surface area (Å²) in [5.74, 6) is 0. The van der Waals surface area contributed by atoms with E-state index < -0.39 is 0 Å². The molecular formula is C22H14N2S3. The molecule has 5 heteroatoms. The minimum Gasteiger partial charge on any atom is -0.255 e. The van der Waals surface area contributed by atoms with Crippen molar-refractivity contribution in [3.8, 4) is 40.7 Å². The van der Waals surface area contributed by atoms with Gasteiger partial charge in [0, 0.05) is 31.9 Å². The van der Waals surface area contributed by atoms with Crippen molar-refractivity contribution in [2.24, 2.45) is 0 Å². The summed E-state index contributed by atoms with van der Waals surface area (Å²) in [4.78, 5) is 16.5. The number of rotatable bonds is 4. The molecule has 5 heterocycles. The summed E-state index contributed by atoms with van der Waals surface area (Å²) in [7, 11) is 0. The highest BCUT2D eigenvalue weighted by atomic mass is 32.1. The van der Waals surface area contributed by atoms with Crippen LogP contribution in [0, 0.1) is 0 Å². The predicted octanol–water partition coefficient (Wildman–Crippen LogP) is 7.33. The third-order valence-corrected chi connectivity index (χ3v) is 7.83. The molecule has 0 aliphatic rings. The van der Waals surface area contributed by atoms with Gasteiger partial charge in [0.15, 0.2) is 0 Å². The average Bonchev–Trinajstić information content (AvgIpc) is 3.49. The lowest BCUT2D eigenvalue weighted by molar-refractivity contribution is 1.34. The summed E-state index contributed by atoms with van der Waals surface area (Å²) >= 11 is 5.42. The fourth-order valence-electron chi connectivity index (χ4n) is 2.84. The third kappa shape index (κ3) is 3.37. The Bertz CT molecular complexity index is 1080. The van der Waals surface area contributed by atoms with E-state index in [4.69, 9.17) is 0 Å². The quantitative estimate of drug-likeness (QED) is 0.314. The van der Waals surface area contributed by atoms with E-state index >= 15 is 0 Å². The lowest BCUT2D eigenvalue weighted by Gasteiger charge is -1.95. The minimum atomic E-state index is 1.03. The van der Waals surface area contributed by atoms with Crippen molar-refractivity contribution in [1.82, 2.24) is 9.97 Å². The van der Waals surface area contributed by atoms with E-state index in [0.717, 1.165) is 11.4 Å². The number of aromatic nitrogens is 2. The normalized spacial score (nSPS) is 11.0. The molecule has 5 rings (SSSR count). The van der Waals surface area contributed by atoms with Gasteiger partial charge in [0.1, 0.15) is 0 Å². The van der Waals surface area contributed by atoms with Crippen molar-refractivity contribution < 1.29 is 0 Å². The van der Waals surface area contributed by atoms with E-state index in [1.807, 2.05) is 48.0 Å². The topological polar surface area (TPSA) is 25.8 Å². The number of hydrogen-bond donors (Lipinski definition) is 0. The monoisotopic (exact) mass is 402 g/mol. The largest absolute Gasteiger partial charge is 0.255 e. The van der Waals surface area contributed by atoms with Crippen LogP contribution in [-0.2, 0) is 0 Å². The molecule has 2 nitrogen and oxygen atoms in total. The van der Waals surface area contributed by atoms with E-state index in [9.17, 15) is 0 Å². The van der Waals surface area contributed by atoms with Gasteiger partial charge in [-0.3, -0.25) is 9.97 Å². The maximum absolute atomic E-state index is 4.45. The van der Waals surface area contributed by atoms with E-state index in [2.05, 4.69) is 58.5 Å². The summed E-state index contributed by atoms with van der Waals surface area (Å²) in [5.41, 5.74) is 2.06. The molecule has 0 aliphatic heterocycles. The van der Waals surface area contributed by atoms with Crippen LogP contribution in [0.25, 0.3) is 40.7 Å². The molecule has 0 bridgehead atoms. The lowest BCUT2D eigenvalue weighted by atomic mass is 10.3. The van der Waals surface area contributed by atoms with Gasteiger partial charge < -0.3 is 0 Å². The first-order valence-electron chi connectivity index (χ1n) is 8.50. The zero-order valence-corrected chi connectivity index (χ0v) is 16.7. The summed E-state index contributed by atoms with van der Waals surface area (Å²) in [6.45, 7) is 0. The molecule has 0 amide bonds. The number of nitrogens with zero attached hydrogens (tertiary/aromatic N) is 2. The summed E-state index contributed by atoms with van der Waals surface area (Å²) in [5, 5.41) is 0. The van der Waals surface area contributed by atoms with Crippen LogP contribution in [-0.4, -0.2) is 9.97 Å². The van der Waals surface area contributed by atoms with Crippen LogP contribution < -0.4 is 0 Å². The Hall–Kier alpha value is -2.60. The summed E-state index contributed by atoms with van der Waals surface area (Å²) < 4.78 is 0. The zero-order valence-electron chi connectivity index (χ0n) is 14.2. The summed E-state index contributed by atoms with van der Waals surface area (Å²) in [6, 6.07) is 25.2. The Labute approximate surface area is 169 Å². The number of thiophene rings is 3. The molecule has 0 saturated carbocycles. The van der Waals surface area contributed by atoms with Crippen molar-refractivity contribution >= 4 is 34.0 Å². The fourth-order valence-corrected chi connectivity index (χ4v) is 5.99. The maximum Gasteiger partial charge on any atom is 0.0801 e. The Kier molecular flexibility index (Phi) is 4.41. The van der Waals surface area contributed by atoms with Gasteiger partial charge in [0.2, 0.25) is 0 Å². The van der Waals surface area contributed by atoms with E-state index in [-0.39, 0.29) is 0 Å². The van der Waals surface area contributed by atoms with E-state index in [1.165, 1.54) is 29.3 Å². The number of hydrogen-bond acceptors (Lipinski definition) is 5. The first-order valence-corrected chi connectivity index (χ1v) is 10.9. The van der Waals surface area contributed by atoms with Gasteiger partial charge in [-0.05, 0) is 60.7 Å². The van der Waals surface area contributed by atoms with Gasteiger partial charge in [-0.1, -0.05) is 12.1 Å². The molecule has 130 valence electrons. The standard InChI is InChI=1S/C22H14N2S3/c1-3-13-23-15(5-1)17-7-9-19(25-17)21-11-12-22(27-21)20-10-8-18(26-20)16-6-2-4-14-24-16/h1-14H. The molecule has 0 saturated heterocycles. The first-order chi connectivity index (χ1) is 13.4. The van der Waals surface area contributed by atoms with Gasteiger partial charge in [0.25, 0.3) is 0 Å². The van der Waals surface area contributed by atoms with Crippen molar-refractivity contribution in [3.05, 3.63) is 85.2 Å². The second kappa shape index (κ2) is 7.19. The Morgan fingerprint density at radius 3 is 1.15 bits per heavy atom. The molecule has 0 aromatic carbocycles. The van der Waals surface area contributed by atoms with Gasteiger partial charge in [-0.25, -0.2) is 0 Å². The predicted molar refractivity (Wildman–Crippen MR) is 117 cm³/mol. The minimum absolute atomic E-state index is 1.03. The van der Waals surface area contributed by atoms with Gasteiger partial charge in [0.05, 0.1) is 21.1 Å². The van der Waals surface area contributed by atoms with Crippen molar-refractivity contribution in [2.75, 3.05) is 0 Å². The van der Waals surface area contributed by atoms with Crippen LogP contribution in [0.3, 0.4) is 0 Å². The SMILES string of the molecule is c1ccc(-c2ccc(-c3ccc(-c4ccc(-c5ccccn5)s4)s3)s2)nc1. The summed E-state index contributed by atoms with van der Waals surface area (Å²) in [6.07, 6.45) is 3.68. The third-order valence-electron chi connectivity index (χ3n) is 4.14. The highest BCUT2D eigenvalue weighted by Crippen LogP contribution is 2.42. The second-order valence-electron chi connectivity index (χ2n) is 5.92. The Morgan fingerprint density at radius 1 is 0.407 bits per heavy atom. The Morgan fingerprint density at radius 2 is 0.778 bits per heavy atom. The average molecular weight is 403 g/mol. The molecule has 0 spiro atoms. The van der Waals surface area contributed by atoms with Crippen LogP contribution >= 0.6 is 34.0 Å². The van der Waals surface area contributed by atoms with Crippen LogP contribution in [0.2, 0.25) is 0 Å². The highest BCUT2D eigenvalue weighted by Gasteiger charge is 2.11. The molecule has 5 aromatic heterocycles. The van der Waals surface area contributed by atoms with Gasteiger partial charge in [-0.15, -0.1) is 34.0 Å². The van der Waals surface area contributed by atoms with Crippen LogP contribution in [0.15, 0.2) is 85.2 Å². The smallest absolute Gasteiger partial charge is 0.0801 e. The van der Waals surface area contributed by atoms with Crippen LogP contribution in [0.5, 0.6) is 0 Å². The van der Waals surface area contributed by atoms with Gasteiger partial charge >= 0.3 is 0 Å².